The zero-order chi connectivity index (χ0) is 16.9. The molecule has 8 nitrogen and oxygen atoms in total. The van der Waals surface area contributed by atoms with E-state index in [4.69, 9.17) is 4.18 Å². The molecule has 0 bridgehead atoms. The Hall–Kier alpha value is -1.20. The van der Waals surface area contributed by atoms with Gasteiger partial charge in [0, 0.05) is 0 Å². The maximum atomic E-state index is 11.7. The first-order valence-electron chi connectivity index (χ1n) is 6.31. The summed E-state index contributed by atoms with van der Waals surface area (Å²) in [7, 11) is -3.01. The number of hydrogen-bond donors (Lipinski definition) is 0. The highest BCUT2D eigenvalue weighted by Crippen LogP contribution is 2.12. The molecule has 10 heteroatoms. The fourth-order valence-electron chi connectivity index (χ4n) is 1.16. The molecule has 0 aromatic heterocycles. The fraction of sp³-hybridized carbons (Fsp3) is 0.500. The summed E-state index contributed by atoms with van der Waals surface area (Å²) in [6.07, 6.45) is 0. The van der Waals surface area contributed by atoms with Crippen LogP contribution in [0.25, 0.3) is 0 Å². The number of quaternary nitrogens is 1. The molecular formula is C12H20NO7S2+. The molecule has 0 atom stereocenters. The van der Waals surface area contributed by atoms with Gasteiger partial charge in [-0.25, -0.2) is 4.18 Å². The van der Waals surface area contributed by atoms with Crippen molar-refractivity contribution in [3.8, 4) is 5.75 Å². The van der Waals surface area contributed by atoms with E-state index in [1.807, 2.05) is 0 Å². The number of rotatable bonds is 9. The van der Waals surface area contributed by atoms with Crippen LogP contribution < -0.4 is 4.18 Å². The van der Waals surface area contributed by atoms with E-state index >= 15 is 0 Å². The maximum absolute atomic E-state index is 11.7. The molecule has 0 saturated carbocycles. The van der Waals surface area contributed by atoms with Crippen LogP contribution in [-0.2, 0) is 28.9 Å². The van der Waals surface area contributed by atoms with E-state index in [2.05, 4.69) is 8.37 Å². The van der Waals surface area contributed by atoms with Crippen molar-refractivity contribution in [2.75, 3.05) is 40.2 Å². The van der Waals surface area contributed by atoms with Crippen LogP contribution in [0.15, 0.2) is 30.3 Å². The molecule has 0 aliphatic carbocycles. The summed E-state index contributed by atoms with van der Waals surface area (Å²) >= 11 is 0. The van der Waals surface area contributed by atoms with Gasteiger partial charge in [-0.2, -0.15) is 21.0 Å². The van der Waals surface area contributed by atoms with Crippen LogP contribution in [0.1, 0.15) is 0 Å². The Morgan fingerprint density at radius 2 is 1.55 bits per heavy atom. The molecule has 1 rings (SSSR count). The molecule has 126 valence electrons. The van der Waals surface area contributed by atoms with Crippen molar-refractivity contribution >= 4 is 20.5 Å². The Kier molecular flexibility index (Phi) is 6.32. The number of benzene rings is 1. The third-order valence-corrected chi connectivity index (χ3v) is 4.07. The van der Waals surface area contributed by atoms with Gasteiger partial charge in [-0.05, 0) is 12.1 Å². The van der Waals surface area contributed by atoms with Gasteiger partial charge in [0.25, 0.3) is 0 Å². The second-order valence-corrected chi connectivity index (χ2v) is 8.40. The SMILES string of the molecule is C[N+](C)(C)COS(=O)(=O)OCCS(=O)(=O)Oc1ccccc1. The smallest absolute Gasteiger partial charge is 0.382 e. The molecule has 0 saturated heterocycles. The molecular weight excluding hydrogens is 334 g/mol. The lowest BCUT2D eigenvalue weighted by molar-refractivity contribution is -0.886. The Labute approximate surface area is 131 Å². The van der Waals surface area contributed by atoms with E-state index in [1.165, 1.54) is 12.1 Å². The molecule has 0 heterocycles. The van der Waals surface area contributed by atoms with Gasteiger partial charge >= 0.3 is 20.5 Å². The normalized spacial score (nSPS) is 13.0. The topological polar surface area (TPSA) is 96.0 Å². The van der Waals surface area contributed by atoms with Gasteiger partial charge in [-0.3, -0.25) is 0 Å². The summed E-state index contributed by atoms with van der Waals surface area (Å²) in [6, 6.07) is 7.88. The van der Waals surface area contributed by atoms with Crippen molar-refractivity contribution in [2.45, 2.75) is 0 Å². The molecule has 0 spiro atoms. The minimum atomic E-state index is -4.25. The van der Waals surface area contributed by atoms with Crippen molar-refractivity contribution in [3.05, 3.63) is 30.3 Å². The molecule has 0 amide bonds. The van der Waals surface area contributed by atoms with Gasteiger partial charge in [0.15, 0.2) is 0 Å². The monoisotopic (exact) mass is 354 g/mol. The molecule has 0 unspecified atom stereocenters. The summed E-state index contributed by atoms with van der Waals surface area (Å²) in [5.74, 6) is -0.471. The van der Waals surface area contributed by atoms with Crippen molar-refractivity contribution in [1.29, 1.82) is 0 Å². The van der Waals surface area contributed by atoms with Crippen LogP contribution in [0.4, 0.5) is 0 Å². The zero-order valence-corrected chi connectivity index (χ0v) is 14.3. The van der Waals surface area contributed by atoms with Crippen LogP contribution in [0.3, 0.4) is 0 Å². The van der Waals surface area contributed by atoms with E-state index in [-0.39, 0.29) is 17.0 Å². The molecule has 0 N–H and O–H groups in total. The molecule has 1 aromatic rings. The van der Waals surface area contributed by atoms with Crippen LogP contribution in [0.5, 0.6) is 5.75 Å². The van der Waals surface area contributed by atoms with Gasteiger partial charge in [0.05, 0.1) is 27.7 Å². The fourth-order valence-corrected chi connectivity index (χ4v) is 2.84. The van der Waals surface area contributed by atoms with Gasteiger partial charge in [0.2, 0.25) is 6.73 Å². The van der Waals surface area contributed by atoms with Crippen LogP contribution in [0.2, 0.25) is 0 Å². The summed E-state index contributed by atoms with van der Waals surface area (Å²) in [5.41, 5.74) is 0. The summed E-state index contributed by atoms with van der Waals surface area (Å²) in [4.78, 5) is 0. The second-order valence-electron chi connectivity index (χ2n) is 5.43. The predicted octanol–water partition coefficient (Wildman–Crippen LogP) is 0.337. The van der Waals surface area contributed by atoms with Gasteiger partial charge in [0.1, 0.15) is 11.5 Å². The molecule has 0 aliphatic heterocycles. The zero-order valence-electron chi connectivity index (χ0n) is 12.6. The molecule has 0 radical (unpaired) electrons. The third-order valence-electron chi connectivity index (χ3n) is 2.11. The van der Waals surface area contributed by atoms with Gasteiger partial charge < -0.3 is 8.67 Å². The predicted molar refractivity (Wildman–Crippen MR) is 79.7 cm³/mol. The van der Waals surface area contributed by atoms with Crippen molar-refractivity contribution in [1.82, 2.24) is 0 Å². The summed E-state index contributed by atoms with van der Waals surface area (Å²) in [5, 5.41) is 0. The molecule has 0 aliphatic rings. The van der Waals surface area contributed by atoms with Gasteiger partial charge in [-0.15, -0.1) is 0 Å². The number of hydrogen-bond acceptors (Lipinski definition) is 7. The first-order valence-corrected chi connectivity index (χ1v) is 9.22. The van der Waals surface area contributed by atoms with Gasteiger partial charge in [-0.1, -0.05) is 18.2 Å². The molecule has 22 heavy (non-hydrogen) atoms. The Morgan fingerprint density at radius 1 is 0.955 bits per heavy atom. The van der Waals surface area contributed by atoms with Crippen LogP contribution >= 0.6 is 0 Å². The first-order chi connectivity index (χ1) is 9.99. The maximum Gasteiger partial charge on any atom is 0.404 e. The van der Waals surface area contributed by atoms with Crippen LogP contribution in [-0.4, -0.2) is 61.6 Å². The highest BCUT2D eigenvalue weighted by atomic mass is 32.3. The minimum absolute atomic E-state index is 0.129. The van der Waals surface area contributed by atoms with Crippen molar-refractivity contribution < 1.29 is 33.9 Å². The minimum Gasteiger partial charge on any atom is -0.382 e. The van der Waals surface area contributed by atoms with E-state index in [9.17, 15) is 16.8 Å². The van der Waals surface area contributed by atoms with Crippen molar-refractivity contribution in [2.24, 2.45) is 0 Å². The lowest BCUT2D eigenvalue weighted by Gasteiger charge is -2.22. The first kappa shape index (κ1) is 18.8. The Bertz CT molecular complexity index is 663. The van der Waals surface area contributed by atoms with E-state index in [1.54, 1.807) is 39.3 Å². The Balaban J connectivity index is 2.45. The standard InChI is InChI=1S/C12H20NO7S2/c1-13(2,3)11-19-22(16,17)18-9-10-21(14,15)20-12-7-5-4-6-8-12/h4-8H,9-11H2,1-3H3/q+1. The van der Waals surface area contributed by atoms with E-state index in [0.29, 0.717) is 0 Å². The van der Waals surface area contributed by atoms with Crippen LogP contribution in [0, 0.1) is 0 Å². The highest BCUT2D eigenvalue weighted by molar-refractivity contribution is 7.87. The Morgan fingerprint density at radius 3 is 2.09 bits per heavy atom. The third kappa shape index (κ3) is 8.29. The molecule has 0 fully saturated rings. The highest BCUT2D eigenvalue weighted by Gasteiger charge is 2.20. The number of para-hydroxylation sites is 1. The van der Waals surface area contributed by atoms with Crippen molar-refractivity contribution in [3.63, 3.8) is 0 Å². The second kappa shape index (κ2) is 7.38. The summed E-state index contributed by atoms with van der Waals surface area (Å²) < 4.78 is 60.3. The largest absolute Gasteiger partial charge is 0.404 e. The lowest BCUT2D eigenvalue weighted by Crippen LogP contribution is -2.38. The number of nitrogens with zero attached hydrogens (tertiary/aromatic N) is 1. The summed E-state index contributed by atoms with van der Waals surface area (Å²) in [6.45, 7) is -0.718. The average molecular weight is 354 g/mol. The van der Waals surface area contributed by atoms with E-state index < -0.39 is 32.9 Å². The lowest BCUT2D eigenvalue weighted by atomic mass is 10.3. The molecule has 1 aromatic carbocycles. The quantitative estimate of drug-likeness (QED) is 0.358. The van der Waals surface area contributed by atoms with E-state index in [0.717, 1.165) is 0 Å². The average Bonchev–Trinajstić information content (AvgIpc) is 2.36.